The Hall–Kier alpha value is -3.19. The second kappa shape index (κ2) is 8.95. The highest BCUT2D eigenvalue weighted by atomic mass is 35.5. The fourth-order valence-corrected chi connectivity index (χ4v) is 2.34. The first-order valence-corrected chi connectivity index (χ1v) is 8.57. The Labute approximate surface area is 160 Å². The predicted molar refractivity (Wildman–Crippen MR) is 97.9 cm³/mol. The Morgan fingerprint density at radius 1 is 1.07 bits per heavy atom. The fourth-order valence-electron chi connectivity index (χ4n) is 2.21. The number of halogens is 1. The summed E-state index contributed by atoms with van der Waals surface area (Å²) in [6.07, 6.45) is 0.0268. The summed E-state index contributed by atoms with van der Waals surface area (Å²) in [6, 6.07) is 15.8. The molecule has 0 fully saturated rings. The van der Waals surface area contributed by atoms with Gasteiger partial charge in [0.15, 0.2) is 6.61 Å². The van der Waals surface area contributed by atoms with Gasteiger partial charge in [-0.1, -0.05) is 47.1 Å². The van der Waals surface area contributed by atoms with E-state index in [0.29, 0.717) is 16.4 Å². The summed E-state index contributed by atoms with van der Waals surface area (Å²) in [7, 11) is 0. The number of aromatic nitrogens is 2. The second-order valence-electron chi connectivity index (χ2n) is 5.55. The molecule has 1 amide bonds. The minimum atomic E-state index is -0.481. The third-order valence-corrected chi connectivity index (χ3v) is 3.83. The van der Waals surface area contributed by atoms with Crippen LogP contribution in [0.5, 0.6) is 0 Å². The van der Waals surface area contributed by atoms with Crippen molar-refractivity contribution in [1.82, 2.24) is 15.5 Å². The lowest BCUT2D eigenvalue weighted by Gasteiger charge is -2.05. The number of amides is 1. The van der Waals surface area contributed by atoms with E-state index in [0.717, 1.165) is 5.56 Å². The minimum Gasteiger partial charge on any atom is -0.456 e. The molecule has 0 radical (unpaired) electrons. The van der Waals surface area contributed by atoms with Crippen LogP contribution in [0.3, 0.4) is 0 Å². The van der Waals surface area contributed by atoms with Gasteiger partial charge in [-0.05, 0) is 24.3 Å². The van der Waals surface area contributed by atoms with Crippen molar-refractivity contribution in [3.05, 3.63) is 71.1 Å². The van der Waals surface area contributed by atoms with Crippen LogP contribution in [-0.2, 0) is 16.1 Å². The summed E-state index contributed by atoms with van der Waals surface area (Å²) in [6.45, 7) is 0.0309. The average Bonchev–Trinajstić information content (AvgIpc) is 3.16. The third kappa shape index (κ3) is 5.39. The van der Waals surface area contributed by atoms with Crippen LogP contribution in [0.2, 0.25) is 5.02 Å². The number of nitrogens with zero attached hydrogens (tertiary/aromatic N) is 2. The van der Waals surface area contributed by atoms with Gasteiger partial charge < -0.3 is 14.6 Å². The zero-order valence-electron chi connectivity index (χ0n) is 14.2. The monoisotopic (exact) mass is 385 g/mol. The molecule has 0 saturated heterocycles. The van der Waals surface area contributed by atoms with Gasteiger partial charge in [-0.2, -0.15) is 4.98 Å². The maximum atomic E-state index is 11.9. The van der Waals surface area contributed by atoms with Gasteiger partial charge in [0.2, 0.25) is 5.82 Å². The van der Waals surface area contributed by atoms with Crippen LogP contribution in [0.15, 0.2) is 59.1 Å². The minimum absolute atomic E-state index is 0.0268. The first-order chi connectivity index (χ1) is 13.1. The van der Waals surface area contributed by atoms with Gasteiger partial charge in [0, 0.05) is 22.7 Å². The standard InChI is InChI=1S/C19H16ClN3O4/c20-15-8-6-14(7-9-15)19(25)21-11-10-17(24)26-12-16-22-18(23-27-16)13-4-2-1-3-5-13/h1-9H,10-12H2,(H,21,25). The number of ether oxygens (including phenoxy) is 1. The van der Waals surface area contributed by atoms with Crippen LogP contribution in [0.1, 0.15) is 22.7 Å². The van der Waals surface area contributed by atoms with E-state index < -0.39 is 5.97 Å². The number of hydrogen-bond acceptors (Lipinski definition) is 6. The van der Waals surface area contributed by atoms with E-state index in [4.69, 9.17) is 20.9 Å². The van der Waals surface area contributed by atoms with Gasteiger partial charge in [0.05, 0.1) is 6.42 Å². The molecule has 0 atom stereocenters. The van der Waals surface area contributed by atoms with E-state index >= 15 is 0 Å². The van der Waals surface area contributed by atoms with E-state index in [2.05, 4.69) is 15.5 Å². The van der Waals surface area contributed by atoms with Crippen molar-refractivity contribution < 1.29 is 18.8 Å². The summed E-state index contributed by atoms with van der Waals surface area (Å²) in [5, 5.41) is 7.03. The molecule has 0 saturated carbocycles. The quantitative estimate of drug-likeness (QED) is 0.627. The van der Waals surface area contributed by atoms with Gasteiger partial charge >= 0.3 is 5.97 Å². The summed E-state index contributed by atoms with van der Waals surface area (Å²) in [5.41, 5.74) is 1.27. The lowest BCUT2D eigenvalue weighted by molar-refractivity contribution is -0.145. The lowest BCUT2D eigenvalue weighted by Crippen LogP contribution is -2.26. The molecule has 7 nitrogen and oxygen atoms in total. The molecule has 3 rings (SSSR count). The highest BCUT2D eigenvalue weighted by Crippen LogP contribution is 2.15. The number of rotatable bonds is 7. The van der Waals surface area contributed by atoms with Gasteiger partial charge in [-0.25, -0.2) is 0 Å². The molecule has 3 aromatic rings. The summed E-state index contributed by atoms with van der Waals surface area (Å²) in [5.74, 6) is -0.140. The Balaban J connectivity index is 1.40. The second-order valence-corrected chi connectivity index (χ2v) is 5.99. The largest absolute Gasteiger partial charge is 0.456 e. The molecule has 138 valence electrons. The molecule has 0 spiro atoms. The molecule has 1 aromatic heterocycles. The van der Waals surface area contributed by atoms with Crippen LogP contribution in [0, 0.1) is 0 Å². The smallest absolute Gasteiger partial charge is 0.308 e. The van der Waals surface area contributed by atoms with Gasteiger partial charge in [-0.3, -0.25) is 9.59 Å². The van der Waals surface area contributed by atoms with Crippen molar-refractivity contribution in [2.24, 2.45) is 0 Å². The van der Waals surface area contributed by atoms with Crippen LogP contribution in [-0.4, -0.2) is 28.6 Å². The molecule has 0 unspecified atom stereocenters. The molecule has 0 aliphatic carbocycles. The Bertz CT molecular complexity index is 910. The predicted octanol–water partition coefficient (Wildman–Crippen LogP) is 3.25. The molecule has 0 aliphatic heterocycles. The van der Waals surface area contributed by atoms with Crippen LogP contribution < -0.4 is 5.32 Å². The summed E-state index contributed by atoms with van der Waals surface area (Å²) >= 11 is 5.77. The van der Waals surface area contributed by atoms with Gasteiger partial charge in [-0.15, -0.1) is 0 Å². The molecule has 0 bridgehead atoms. The molecular weight excluding hydrogens is 370 g/mol. The van der Waals surface area contributed by atoms with Gasteiger partial charge in [0.25, 0.3) is 11.8 Å². The SMILES string of the molecule is O=C(CCNC(=O)c1ccc(Cl)cc1)OCc1nc(-c2ccccc2)no1. The Morgan fingerprint density at radius 2 is 1.81 bits per heavy atom. The van der Waals surface area contributed by atoms with Crippen molar-refractivity contribution in [2.75, 3.05) is 6.54 Å². The molecule has 27 heavy (non-hydrogen) atoms. The average molecular weight is 386 g/mol. The van der Waals surface area contributed by atoms with Crippen LogP contribution >= 0.6 is 11.6 Å². The van der Waals surface area contributed by atoms with Crippen molar-refractivity contribution in [3.8, 4) is 11.4 Å². The molecule has 8 heteroatoms. The zero-order valence-corrected chi connectivity index (χ0v) is 15.0. The first kappa shape index (κ1) is 18.6. The number of nitrogens with one attached hydrogen (secondary N) is 1. The lowest BCUT2D eigenvalue weighted by atomic mass is 10.2. The highest BCUT2D eigenvalue weighted by molar-refractivity contribution is 6.30. The van der Waals surface area contributed by atoms with Crippen molar-refractivity contribution in [1.29, 1.82) is 0 Å². The number of hydrogen-bond donors (Lipinski definition) is 1. The number of esters is 1. The molecular formula is C19H16ClN3O4. The van der Waals surface area contributed by atoms with Crippen molar-refractivity contribution in [2.45, 2.75) is 13.0 Å². The topological polar surface area (TPSA) is 94.3 Å². The zero-order chi connectivity index (χ0) is 19.1. The summed E-state index contributed by atoms with van der Waals surface area (Å²) in [4.78, 5) is 27.9. The molecule has 1 N–H and O–H groups in total. The van der Waals surface area contributed by atoms with Crippen molar-refractivity contribution in [3.63, 3.8) is 0 Å². The van der Waals surface area contributed by atoms with E-state index in [1.807, 2.05) is 30.3 Å². The maximum absolute atomic E-state index is 11.9. The van der Waals surface area contributed by atoms with Crippen LogP contribution in [0.4, 0.5) is 0 Å². The molecule has 1 heterocycles. The number of benzene rings is 2. The summed E-state index contributed by atoms with van der Waals surface area (Å²) < 4.78 is 10.1. The van der Waals surface area contributed by atoms with E-state index in [1.165, 1.54) is 0 Å². The van der Waals surface area contributed by atoms with E-state index in [-0.39, 0.29) is 31.4 Å². The van der Waals surface area contributed by atoms with E-state index in [9.17, 15) is 9.59 Å². The van der Waals surface area contributed by atoms with Gasteiger partial charge in [0.1, 0.15) is 0 Å². The Morgan fingerprint density at radius 3 is 2.56 bits per heavy atom. The maximum Gasteiger partial charge on any atom is 0.308 e. The molecule has 0 aliphatic rings. The van der Waals surface area contributed by atoms with E-state index in [1.54, 1.807) is 24.3 Å². The third-order valence-electron chi connectivity index (χ3n) is 3.58. The highest BCUT2D eigenvalue weighted by Gasteiger charge is 2.11. The Kier molecular flexibility index (Phi) is 6.17. The first-order valence-electron chi connectivity index (χ1n) is 8.19. The number of carbonyl (C=O) groups is 2. The fraction of sp³-hybridized carbons (Fsp3) is 0.158. The number of carbonyl (C=O) groups excluding carboxylic acids is 2. The van der Waals surface area contributed by atoms with Crippen molar-refractivity contribution >= 4 is 23.5 Å². The molecule has 2 aromatic carbocycles. The van der Waals surface area contributed by atoms with Crippen LogP contribution in [0.25, 0.3) is 11.4 Å². The normalized spacial score (nSPS) is 10.4.